The fraction of sp³-hybridized carbons (Fsp3) is 0.500. The minimum absolute atomic E-state index is 0.0830. The first kappa shape index (κ1) is 11.0. The minimum atomic E-state index is -0.166. The lowest BCUT2D eigenvalue weighted by atomic mass is 10.2. The highest BCUT2D eigenvalue weighted by molar-refractivity contribution is 7.96. The largest absolute Gasteiger partial charge is 0.333 e. The van der Waals surface area contributed by atoms with Gasteiger partial charge >= 0.3 is 0 Å². The molecule has 1 aromatic rings. The third-order valence-electron chi connectivity index (χ3n) is 2.72. The van der Waals surface area contributed by atoms with Crippen molar-refractivity contribution in [3.05, 3.63) is 30.1 Å². The van der Waals surface area contributed by atoms with Crippen LogP contribution in [0.25, 0.3) is 0 Å². The molecule has 3 heteroatoms. The minimum Gasteiger partial charge on any atom is -0.333 e. The Morgan fingerprint density at radius 1 is 1.27 bits per heavy atom. The second-order valence-corrected chi connectivity index (χ2v) is 5.92. The number of benzene rings is 1. The van der Waals surface area contributed by atoms with Gasteiger partial charge in [0.25, 0.3) is 0 Å². The molecule has 1 saturated heterocycles. The maximum Gasteiger partial charge on any atom is 0.223 e. The molecule has 1 nitrogen and oxygen atoms in total. The number of rotatable bonds is 2. The van der Waals surface area contributed by atoms with E-state index in [1.54, 1.807) is 0 Å². The van der Waals surface area contributed by atoms with Gasteiger partial charge in [0.2, 0.25) is 5.44 Å². The van der Waals surface area contributed by atoms with Crippen molar-refractivity contribution in [2.75, 3.05) is 12.9 Å². The molecule has 0 amide bonds. The maximum absolute atomic E-state index is 12.8. The van der Waals surface area contributed by atoms with E-state index in [1.807, 2.05) is 12.1 Å². The van der Waals surface area contributed by atoms with E-state index in [4.69, 9.17) is 4.74 Å². The number of ether oxygens (including phenoxy) is 1. The van der Waals surface area contributed by atoms with E-state index >= 15 is 0 Å². The molecular weight excluding hydrogens is 211 g/mol. The van der Waals surface area contributed by atoms with Crippen LogP contribution in [0.1, 0.15) is 19.3 Å². The molecule has 0 N–H and O–H groups in total. The first-order valence-corrected chi connectivity index (χ1v) is 6.99. The zero-order valence-electron chi connectivity index (χ0n) is 8.91. The Morgan fingerprint density at radius 2 is 2.00 bits per heavy atom. The molecule has 0 aliphatic carbocycles. The first-order chi connectivity index (χ1) is 7.27. The van der Waals surface area contributed by atoms with E-state index in [0.29, 0.717) is 5.44 Å². The van der Waals surface area contributed by atoms with Gasteiger partial charge in [-0.1, -0.05) is 0 Å². The Labute approximate surface area is 93.0 Å². The van der Waals surface area contributed by atoms with Crippen LogP contribution in [-0.2, 0) is 15.6 Å². The highest BCUT2D eigenvalue weighted by atomic mass is 32.2. The van der Waals surface area contributed by atoms with Gasteiger partial charge in [-0.3, -0.25) is 0 Å². The van der Waals surface area contributed by atoms with Crippen LogP contribution in [0.4, 0.5) is 4.39 Å². The van der Waals surface area contributed by atoms with E-state index < -0.39 is 0 Å². The van der Waals surface area contributed by atoms with Gasteiger partial charge in [-0.05, 0) is 37.1 Å². The molecule has 0 saturated carbocycles. The first-order valence-electron chi connectivity index (χ1n) is 5.29. The lowest BCUT2D eigenvalue weighted by Gasteiger charge is -2.20. The van der Waals surface area contributed by atoms with Gasteiger partial charge < -0.3 is 4.74 Å². The Hall–Kier alpha value is -0.540. The van der Waals surface area contributed by atoms with Crippen molar-refractivity contribution in [2.24, 2.45) is 0 Å². The number of hydrogen-bond donors (Lipinski definition) is 0. The molecule has 1 fully saturated rings. The molecule has 1 aliphatic rings. The van der Waals surface area contributed by atoms with Crippen molar-refractivity contribution in [1.29, 1.82) is 0 Å². The molecule has 0 aromatic heterocycles. The lowest BCUT2D eigenvalue weighted by Crippen LogP contribution is -2.27. The molecule has 2 atom stereocenters. The molecule has 2 rings (SSSR count). The Bertz CT molecular complexity index is 306. The van der Waals surface area contributed by atoms with Crippen LogP contribution in [0.2, 0.25) is 0 Å². The summed E-state index contributed by atoms with van der Waals surface area (Å²) < 4.78 is 18.5. The van der Waals surface area contributed by atoms with Crippen LogP contribution < -0.4 is 0 Å². The summed E-state index contributed by atoms with van der Waals surface area (Å²) >= 11 is 0. The summed E-state index contributed by atoms with van der Waals surface area (Å²) in [6, 6.07) is 6.80. The van der Waals surface area contributed by atoms with Crippen LogP contribution in [0.5, 0.6) is 0 Å². The molecule has 1 aromatic carbocycles. The Kier molecular flexibility index (Phi) is 3.65. The van der Waals surface area contributed by atoms with Gasteiger partial charge in [0.15, 0.2) is 4.90 Å². The molecule has 1 heterocycles. The van der Waals surface area contributed by atoms with Gasteiger partial charge in [-0.25, -0.2) is 4.39 Å². The van der Waals surface area contributed by atoms with Gasteiger partial charge in [-0.15, -0.1) is 0 Å². The van der Waals surface area contributed by atoms with E-state index in [0.717, 1.165) is 13.0 Å². The van der Waals surface area contributed by atoms with E-state index in [9.17, 15) is 4.39 Å². The average molecular weight is 227 g/mol. The van der Waals surface area contributed by atoms with E-state index in [1.165, 1.54) is 29.9 Å². The Morgan fingerprint density at radius 3 is 2.60 bits per heavy atom. The van der Waals surface area contributed by atoms with Crippen LogP contribution >= 0.6 is 0 Å². The SMILES string of the molecule is C[S+](c1ccc(F)cc1)C1CCCCO1. The lowest BCUT2D eigenvalue weighted by molar-refractivity contribution is 0.0708. The fourth-order valence-electron chi connectivity index (χ4n) is 1.79. The van der Waals surface area contributed by atoms with Crippen molar-refractivity contribution in [1.82, 2.24) is 0 Å². The van der Waals surface area contributed by atoms with Crippen LogP contribution in [0.15, 0.2) is 29.2 Å². The zero-order chi connectivity index (χ0) is 10.7. The predicted octanol–water partition coefficient (Wildman–Crippen LogP) is 2.96. The average Bonchev–Trinajstić information content (AvgIpc) is 2.30. The molecular formula is C12H16FOS+. The summed E-state index contributed by atoms with van der Waals surface area (Å²) in [5.74, 6) is -0.166. The smallest absolute Gasteiger partial charge is 0.223 e. The molecule has 15 heavy (non-hydrogen) atoms. The van der Waals surface area contributed by atoms with Crippen molar-refractivity contribution < 1.29 is 9.13 Å². The van der Waals surface area contributed by atoms with Crippen molar-refractivity contribution in [3.8, 4) is 0 Å². The number of halogens is 1. The molecule has 0 radical (unpaired) electrons. The van der Waals surface area contributed by atoms with Gasteiger partial charge in [0.05, 0.1) is 17.5 Å². The van der Waals surface area contributed by atoms with Crippen LogP contribution in [-0.4, -0.2) is 18.3 Å². The standard InChI is InChI=1S/C12H16FOS/c1-15(12-4-2-3-9-14-12)11-7-5-10(13)6-8-11/h5-8,12H,2-4,9H2,1H3/q+1. The predicted molar refractivity (Wildman–Crippen MR) is 61.5 cm³/mol. The summed E-state index contributed by atoms with van der Waals surface area (Å²) in [6.07, 6.45) is 5.75. The summed E-state index contributed by atoms with van der Waals surface area (Å²) in [5, 5.41) is 0. The second kappa shape index (κ2) is 4.99. The maximum atomic E-state index is 12.8. The van der Waals surface area contributed by atoms with Gasteiger partial charge in [0.1, 0.15) is 12.1 Å². The second-order valence-electron chi connectivity index (χ2n) is 3.81. The fourth-order valence-corrected chi connectivity index (χ4v) is 3.48. The topological polar surface area (TPSA) is 9.23 Å². The molecule has 0 bridgehead atoms. The highest BCUT2D eigenvalue weighted by Gasteiger charge is 2.30. The third-order valence-corrected chi connectivity index (χ3v) is 4.89. The van der Waals surface area contributed by atoms with Crippen LogP contribution in [0.3, 0.4) is 0 Å². The summed E-state index contributed by atoms with van der Waals surface area (Å²) in [6.45, 7) is 0.878. The normalized spacial score (nSPS) is 23.7. The zero-order valence-corrected chi connectivity index (χ0v) is 9.73. The highest BCUT2D eigenvalue weighted by Crippen LogP contribution is 2.24. The third kappa shape index (κ3) is 2.73. The van der Waals surface area contributed by atoms with Crippen LogP contribution in [0, 0.1) is 5.82 Å². The van der Waals surface area contributed by atoms with E-state index in [-0.39, 0.29) is 16.7 Å². The quantitative estimate of drug-likeness (QED) is 0.706. The molecule has 82 valence electrons. The molecule has 0 spiro atoms. The van der Waals surface area contributed by atoms with Crippen molar-refractivity contribution in [3.63, 3.8) is 0 Å². The van der Waals surface area contributed by atoms with Gasteiger partial charge in [-0.2, -0.15) is 0 Å². The van der Waals surface area contributed by atoms with Crippen molar-refractivity contribution >= 4 is 10.9 Å². The summed E-state index contributed by atoms with van der Waals surface area (Å²) in [7, 11) is 0.0830. The molecule has 1 aliphatic heterocycles. The Balaban J connectivity index is 2.05. The van der Waals surface area contributed by atoms with Crippen molar-refractivity contribution in [2.45, 2.75) is 29.6 Å². The molecule has 2 unspecified atom stereocenters. The summed E-state index contributed by atoms with van der Waals surface area (Å²) in [4.78, 5) is 1.20. The summed E-state index contributed by atoms with van der Waals surface area (Å²) in [5.41, 5.74) is 0.337. The number of hydrogen-bond acceptors (Lipinski definition) is 1. The monoisotopic (exact) mass is 227 g/mol. The van der Waals surface area contributed by atoms with E-state index in [2.05, 4.69) is 6.26 Å². The van der Waals surface area contributed by atoms with Gasteiger partial charge in [0, 0.05) is 6.42 Å².